The second kappa shape index (κ2) is 11.0. The molecule has 1 aromatic rings. The van der Waals surface area contributed by atoms with Crippen LogP contribution in [0.4, 0.5) is 23.8 Å². The van der Waals surface area contributed by atoms with E-state index in [-0.39, 0.29) is 24.7 Å². The van der Waals surface area contributed by atoms with Gasteiger partial charge in [-0.3, -0.25) is 5.41 Å². The second-order valence-electron chi connectivity index (χ2n) is 5.52. The SMILES string of the molecule is CCOC(=O)N(N)C(=N)CCCCc1nccc(NC(N)=NCC(F)(F)F)n1. The van der Waals surface area contributed by atoms with Gasteiger partial charge in [-0.2, -0.15) is 18.2 Å². The molecule has 156 valence electrons. The molecule has 0 saturated carbocycles. The molecular weight excluding hydrogens is 381 g/mol. The van der Waals surface area contributed by atoms with Crippen molar-refractivity contribution in [3.8, 4) is 0 Å². The molecule has 28 heavy (non-hydrogen) atoms. The number of nitrogens with two attached hydrogens (primary N) is 2. The molecule has 0 atom stereocenters. The van der Waals surface area contributed by atoms with Crippen LogP contribution in [0.25, 0.3) is 0 Å². The molecule has 1 rings (SSSR count). The van der Waals surface area contributed by atoms with Crippen LogP contribution in [0.5, 0.6) is 0 Å². The van der Waals surface area contributed by atoms with E-state index >= 15 is 0 Å². The van der Waals surface area contributed by atoms with Gasteiger partial charge in [0.15, 0.2) is 5.96 Å². The van der Waals surface area contributed by atoms with Gasteiger partial charge in [-0.05, 0) is 25.8 Å². The lowest BCUT2D eigenvalue weighted by atomic mass is 10.1. The number of amides is 1. The van der Waals surface area contributed by atoms with Gasteiger partial charge < -0.3 is 15.8 Å². The maximum absolute atomic E-state index is 12.1. The molecule has 0 spiro atoms. The molecule has 13 heteroatoms. The number of hydrogen-bond donors (Lipinski definition) is 4. The highest BCUT2D eigenvalue weighted by Crippen LogP contribution is 2.14. The summed E-state index contributed by atoms with van der Waals surface area (Å²) in [6.07, 6.45) is -1.95. The fourth-order valence-electron chi connectivity index (χ4n) is 1.93. The Labute approximate surface area is 159 Å². The van der Waals surface area contributed by atoms with Crippen LogP contribution in [0.15, 0.2) is 17.3 Å². The van der Waals surface area contributed by atoms with E-state index in [1.807, 2.05) is 0 Å². The lowest BCUT2D eigenvalue weighted by Crippen LogP contribution is -2.42. The number of nitrogens with one attached hydrogen (secondary N) is 2. The molecule has 1 aromatic heterocycles. The number of rotatable bonds is 8. The van der Waals surface area contributed by atoms with Gasteiger partial charge >= 0.3 is 12.3 Å². The number of hydrazine groups is 1. The molecule has 0 saturated heterocycles. The monoisotopic (exact) mass is 404 g/mol. The van der Waals surface area contributed by atoms with Gasteiger partial charge in [0.25, 0.3) is 0 Å². The number of anilines is 1. The van der Waals surface area contributed by atoms with Crippen molar-refractivity contribution in [1.29, 1.82) is 5.41 Å². The zero-order valence-electron chi connectivity index (χ0n) is 15.3. The molecule has 0 fully saturated rings. The van der Waals surface area contributed by atoms with E-state index in [1.165, 1.54) is 12.3 Å². The van der Waals surface area contributed by atoms with Crippen molar-refractivity contribution >= 4 is 23.7 Å². The summed E-state index contributed by atoms with van der Waals surface area (Å²) in [5, 5.41) is 10.8. The van der Waals surface area contributed by atoms with E-state index in [4.69, 9.17) is 21.7 Å². The average molecular weight is 404 g/mol. The van der Waals surface area contributed by atoms with Crippen LogP contribution in [-0.2, 0) is 11.2 Å². The maximum Gasteiger partial charge on any atom is 0.429 e. The van der Waals surface area contributed by atoms with Crippen LogP contribution >= 0.6 is 0 Å². The third-order valence-corrected chi connectivity index (χ3v) is 3.21. The maximum atomic E-state index is 12.1. The average Bonchev–Trinajstić information content (AvgIpc) is 2.62. The summed E-state index contributed by atoms with van der Waals surface area (Å²) in [5.74, 6) is 5.64. The number of hydrogen-bond acceptors (Lipinski definition) is 7. The Bertz CT molecular complexity index is 696. The van der Waals surface area contributed by atoms with Gasteiger partial charge in [-0.25, -0.2) is 25.6 Å². The van der Waals surface area contributed by atoms with Gasteiger partial charge in [0, 0.05) is 19.0 Å². The molecule has 0 aromatic carbocycles. The summed E-state index contributed by atoms with van der Waals surface area (Å²) in [5.41, 5.74) is 5.39. The highest BCUT2D eigenvalue weighted by Gasteiger charge is 2.26. The van der Waals surface area contributed by atoms with Crippen molar-refractivity contribution in [1.82, 2.24) is 15.0 Å². The molecule has 1 heterocycles. The van der Waals surface area contributed by atoms with Crippen LogP contribution in [0, 0.1) is 5.41 Å². The first-order valence-corrected chi connectivity index (χ1v) is 8.37. The van der Waals surface area contributed by atoms with E-state index < -0.39 is 24.8 Å². The van der Waals surface area contributed by atoms with Gasteiger partial charge in [0.1, 0.15) is 24.0 Å². The summed E-state index contributed by atoms with van der Waals surface area (Å²) < 4.78 is 41.0. The van der Waals surface area contributed by atoms with E-state index in [9.17, 15) is 18.0 Å². The Morgan fingerprint density at radius 2 is 2.14 bits per heavy atom. The predicted octanol–water partition coefficient (Wildman–Crippen LogP) is 1.79. The van der Waals surface area contributed by atoms with Gasteiger partial charge in [-0.1, -0.05) is 0 Å². The molecule has 0 aliphatic heterocycles. The third-order valence-electron chi connectivity index (χ3n) is 3.21. The smallest absolute Gasteiger partial charge is 0.429 e. The standard InChI is InChI=1S/C15H23F3N8O2/c1-2-28-14(27)26(21)10(19)5-3-4-6-11-22-8-7-12(24-11)25-13(20)23-9-15(16,17)18/h7-8,19H,2-6,9,21H2,1H3,(H3,20,22,23,24,25). The second-order valence-corrected chi connectivity index (χ2v) is 5.52. The van der Waals surface area contributed by atoms with Crippen molar-refractivity contribution in [2.45, 2.75) is 38.8 Å². The lowest BCUT2D eigenvalue weighted by molar-refractivity contribution is -0.118. The van der Waals surface area contributed by atoms with Gasteiger partial charge in [0.2, 0.25) is 0 Å². The number of carbonyl (C=O) groups excluding carboxylic acids is 1. The molecule has 6 N–H and O–H groups in total. The quantitative estimate of drug-likeness (QED) is 0.128. The number of alkyl halides is 3. The number of unbranched alkanes of at least 4 members (excludes halogenated alkanes) is 1. The van der Waals surface area contributed by atoms with Crippen molar-refractivity contribution in [3.63, 3.8) is 0 Å². The van der Waals surface area contributed by atoms with Crippen molar-refractivity contribution < 1.29 is 22.7 Å². The molecular formula is C15H23F3N8O2. The number of nitrogens with zero attached hydrogens (tertiary/aromatic N) is 4. The summed E-state index contributed by atoms with van der Waals surface area (Å²) in [4.78, 5) is 22.8. The number of amidine groups is 1. The summed E-state index contributed by atoms with van der Waals surface area (Å²) >= 11 is 0. The first-order chi connectivity index (χ1) is 13.1. The summed E-state index contributed by atoms with van der Waals surface area (Å²) in [6.45, 7) is 0.404. The number of halogens is 3. The number of carbonyl (C=O) groups is 1. The topological polar surface area (TPSA) is 156 Å². The lowest BCUT2D eigenvalue weighted by Gasteiger charge is -2.16. The molecule has 10 nitrogen and oxygen atoms in total. The Balaban J connectivity index is 2.45. The number of aryl methyl sites for hydroxylation is 1. The fraction of sp³-hybridized carbons (Fsp3) is 0.533. The zero-order chi connectivity index (χ0) is 21.2. The Morgan fingerprint density at radius 3 is 2.79 bits per heavy atom. The van der Waals surface area contributed by atoms with Crippen LogP contribution in [0.1, 0.15) is 32.0 Å². The third kappa shape index (κ3) is 9.12. The van der Waals surface area contributed by atoms with Crippen molar-refractivity contribution in [3.05, 3.63) is 18.1 Å². The molecule has 0 aliphatic rings. The van der Waals surface area contributed by atoms with E-state index in [1.54, 1.807) is 6.92 Å². The van der Waals surface area contributed by atoms with E-state index in [0.717, 1.165) is 0 Å². The van der Waals surface area contributed by atoms with Crippen molar-refractivity contribution in [2.75, 3.05) is 18.5 Å². The fourth-order valence-corrected chi connectivity index (χ4v) is 1.93. The zero-order valence-corrected chi connectivity index (χ0v) is 15.3. The number of guanidine groups is 1. The van der Waals surface area contributed by atoms with Crippen LogP contribution in [0.3, 0.4) is 0 Å². The number of aromatic nitrogens is 2. The normalized spacial score (nSPS) is 11.8. The first-order valence-electron chi connectivity index (χ1n) is 8.37. The summed E-state index contributed by atoms with van der Waals surface area (Å²) in [7, 11) is 0. The Kier molecular flexibility index (Phi) is 9.08. The van der Waals surface area contributed by atoms with Crippen LogP contribution in [-0.4, -0.2) is 52.2 Å². The largest absolute Gasteiger partial charge is 0.448 e. The van der Waals surface area contributed by atoms with Crippen LogP contribution in [0.2, 0.25) is 0 Å². The summed E-state index contributed by atoms with van der Waals surface area (Å²) in [6, 6.07) is 1.45. The highest BCUT2D eigenvalue weighted by molar-refractivity contribution is 5.92. The highest BCUT2D eigenvalue weighted by atomic mass is 19.4. The van der Waals surface area contributed by atoms with Crippen LogP contribution < -0.4 is 16.9 Å². The molecule has 0 aliphatic carbocycles. The van der Waals surface area contributed by atoms with Gasteiger partial charge in [-0.15, -0.1) is 0 Å². The predicted molar refractivity (Wildman–Crippen MR) is 96.5 cm³/mol. The molecule has 0 unspecified atom stereocenters. The number of ether oxygens (including phenoxy) is 1. The van der Waals surface area contributed by atoms with Gasteiger partial charge in [0.05, 0.1) is 6.61 Å². The Morgan fingerprint density at radius 1 is 1.43 bits per heavy atom. The molecule has 1 amide bonds. The van der Waals surface area contributed by atoms with E-state index in [0.29, 0.717) is 30.1 Å². The Hall–Kier alpha value is -2.96. The minimum Gasteiger partial charge on any atom is -0.448 e. The van der Waals surface area contributed by atoms with Crippen molar-refractivity contribution in [2.24, 2.45) is 16.6 Å². The van der Waals surface area contributed by atoms with E-state index in [2.05, 4.69) is 20.3 Å². The number of aliphatic imine (C=N–C) groups is 1. The minimum atomic E-state index is -4.44. The minimum absolute atomic E-state index is 0.0802. The molecule has 0 bridgehead atoms. The molecule has 0 radical (unpaired) electrons. The first kappa shape index (κ1) is 23.1.